The van der Waals surface area contributed by atoms with Crippen LogP contribution in [0.4, 0.5) is 9.18 Å². The molecular weight excluding hydrogens is 283 g/mol. The zero-order valence-electron chi connectivity index (χ0n) is 11.4. The number of benzene rings is 1. The average Bonchev–Trinajstić information content (AvgIpc) is 2.45. The molecule has 112 valence electrons. The van der Waals surface area contributed by atoms with E-state index in [9.17, 15) is 9.18 Å². The number of piperidine rings is 1. The number of carbonyl (C=O) groups is 1. The highest BCUT2D eigenvalue weighted by molar-refractivity contribution is 5.85. The molecule has 1 heterocycles. The van der Waals surface area contributed by atoms with Gasteiger partial charge in [0.2, 0.25) is 0 Å². The fourth-order valence-corrected chi connectivity index (χ4v) is 2.20. The molecular formula is C14H20ClFN2O2. The molecule has 0 aliphatic carbocycles. The molecule has 1 amide bonds. The molecule has 6 heteroatoms. The van der Waals surface area contributed by atoms with Crippen LogP contribution in [-0.2, 0) is 11.3 Å². The second kappa shape index (κ2) is 8.07. The van der Waals surface area contributed by atoms with Crippen molar-refractivity contribution >= 4 is 18.5 Å². The first-order valence-corrected chi connectivity index (χ1v) is 6.47. The van der Waals surface area contributed by atoms with Gasteiger partial charge in [0.15, 0.2) is 0 Å². The summed E-state index contributed by atoms with van der Waals surface area (Å²) in [6.45, 7) is 1.23. The minimum atomic E-state index is -1.04. The Kier molecular flexibility index (Phi) is 6.75. The van der Waals surface area contributed by atoms with Crippen molar-refractivity contribution in [2.75, 3.05) is 20.1 Å². The van der Waals surface area contributed by atoms with Crippen molar-refractivity contribution in [1.82, 2.24) is 10.2 Å². The van der Waals surface area contributed by atoms with Crippen molar-refractivity contribution in [2.45, 2.75) is 25.2 Å². The maximum Gasteiger partial charge on any atom is 0.410 e. The third kappa shape index (κ3) is 4.35. The first kappa shape index (κ1) is 16.7. The van der Waals surface area contributed by atoms with E-state index < -0.39 is 18.3 Å². The quantitative estimate of drug-likeness (QED) is 0.932. The number of amides is 1. The number of nitrogens with one attached hydrogen (secondary N) is 1. The van der Waals surface area contributed by atoms with Crippen LogP contribution in [0.25, 0.3) is 0 Å². The Morgan fingerprint density at radius 1 is 1.45 bits per heavy atom. The van der Waals surface area contributed by atoms with Crippen LogP contribution in [0.3, 0.4) is 0 Å². The largest absolute Gasteiger partial charge is 0.445 e. The third-order valence-corrected chi connectivity index (χ3v) is 3.36. The molecule has 1 aliphatic heterocycles. The number of ether oxygens (including phenoxy) is 1. The summed E-state index contributed by atoms with van der Waals surface area (Å²) in [5.41, 5.74) is 0.923. The van der Waals surface area contributed by atoms with E-state index in [1.807, 2.05) is 30.3 Å². The van der Waals surface area contributed by atoms with E-state index in [1.165, 1.54) is 4.90 Å². The highest BCUT2D eigenvalue weighted by Gasteiger charge is 2.31. The van der Waals surface area contributed by atoms with Gasteiger partial charge >= 0.3 is 6.09 Å². The molecule has 0 aromatic heterocycles. The van der Waals surface area contributed by atoms with E-state index >= 15 is 0 Å². The molecule has 1 aliphatic rings. The summed E-state index contributed by atoms with van der Waals surface area (Å²) in [5.74, 6) is 0. The molecule has 0 radical (unpaired) electrons. The summed E-state index contributed by atoms with van der Waals surface area (Å²) >= 11 is 0. The lowest BCUT2D eigenvalue weighted by molar-refractivity contribution is 0.0607. The van der Waals surface area contributed by atoms with E-state index in [2.05, 4.69) is 5.32 Å². The van der Waals surface area contributed by atoms with Crippen LogP contribution in [0.1, 0.15) is 12.0 Å². The molecule has 0 spiro atoms. The van der Waals surface area contributed by atoms with Gasteiger partial charge in [0.25, 0.3) is 0 Å². The van der Waals surface area contributed by atoms with Gasteiger partial charge in [-0.3, -0.25) is 0 Å². The Morgan fingerprint density at radius 2 is 2.15 bits per heavy atom. The van der Waals surface area contributed by atoms with Crippen LogP contribution in [0, 0.1) is 0 Å². The normalized spacial score (nSPS) is 21.7. The molecule has 1 aromatic rings. The monoisotopic (exact) mass is 302 g/mol. The van der Waals surface area contributed by atoms with Gasteiger partial charge in [0.1, 0.15) is 12.8 Å². The molecule has 0 unspecified atom stereocenters. The van der Waals surface area contributed by atoms with Gasteiger partial charge in [-0.05, 0) is 18.5 Å². The van der Waals surface area contributed by atoms with Crippen molar-refractivity contribution in [3.05, 3.63) is 35.9 Å². The minimum Gasteiger partial charge on any atom is -0.445 e. The number of rotatable bonds is 3. The van der Waals surface area contributed by atoms with Crippen molar-refractivity contribution in [2.24, 2.45) is 0 Å². The Labute approximate surface area is 124 Å². The van der Waals surface area contributed by atoms with Crippen LogP contribution in [0.5, 0.6) is 0 Å². The zero-order chi connectivity index (χ0) is 13.7. The Morgan fingerprint density at radius 3 is 2.80 bits per heavy atom. The molecule has 20 heavy (non-hydrogen) atoms. The predicted octanol–water partition coefficient (Wildman–Crippen LogP) is 2.38. The Hall–Kier alpha value is -1.33. The second-order valence-electron chi connectivity index (χ2n) is 4.73. The molecule has 1 N–H and O–H groups in total. The van der Waals surface area contributed by atoms with Crippen LogP contribution in [-0.4, -0.2) is 43.3 Å². The summed E-state index contributed by atoms with van der Waals surface area (Å²) in [6, 6.07) is 9.05. The number of hydrogen-bond acceptors (Lipinski definition) is 3. The van der Waals surface area contributed by atoms with E-state index in [-0.39, 0.29) is 19.0 Å². The van der Waals surface area contributed by atoms with Crippen molar-refractivity contribution in [1.29, 1.82) is 0 Å². The highest BCUT2D eigenvalue weighted by atomic mass is 35.5. The first-order chi connectivity index (χ1) is 9.18. The van der Waals surface area contributed by atoms with Crippen LogP contribution >= 0.6 is 12.4 Å². The maximum absolute atomic E-state index is 13.7. The van der Waals surface area contributed by atoms with Crippen LogP contribution in [0.2, 0.25) is 0 Å². The first-order valence-electron chi connectivity index (χ1n) is 6.47. The lowest BCUT2D eigenvalue weighted by atomic mass is 10.0. The molecule has 1 fully saturated rings. The second-order valence-corrected chi connectivity index (χ2v) is 4.73. The topological polar surface area (TPSA) is 41.6 Å². The fourth-order valence-electron chi connectivity index (χ4n) is 2.20. The van der Waals surface area contributed by atoms with Gasteiger partial charge < -0.3 is 15.0 Å². The van der Waals surface area contributed by atoms with E-state index in [4.69, 9.17) is 4.74 Å². The number of carbonyl (C=O) groups excluding carboxylic acids is 1. The van der Waals surface area contributed by atoms with Gasteiger partial charge in [0.05, 0.1) is 6.04 Å². The van der Waals surface area contributed by atoms with Crippen LogP contribution < -0.4 is 5.32 Å². The standard InChI is InChI=1S/C14H19FN2O2.ClH/c1-17(13-7-8-16-9-12(13)15)14(18)19-10-11-5-3-2-4-6-11;/h2-6,12-13,16H,7-10H2,1H3;1H/t12-,13-;/m1./s1. The highest BCUT2D eigenvalue weighted by Crippen LogP contribution is 2.15. The van der Waals surface area contributed by atoms with E-state index in [0.717, 1.165) is 12.1 Å². The molecule has 2 rings (SSSR count). The SMILES string of the molecule is CN(C(=O)OCc1ccccc1)[C@@H]1CCNC[C@H]1F.Cl. The van der Waals surface area contributed by atoms with Gasteiger partial charge in [0, 0.05) is 13.6 Å². The lowest BCUT2D eigenvalue weighted by Gasteiger charge is -2.33. The van der Waals surface area contributed by atoms with Gasteiger partial charge in [-0.25, -0.2) is 9.18 Å². The summed E-state index contributed by atoms with van der Waals surface area (Å²) < 4.78 is 18.9. The molecule has 1 aromatic carbocycles. The smallest absolute Gasteiger partial charge is 0.410 e. The van der Waals surface area contributed by atoms with Crippen molar-refractivity contribution in [3.8, 4) is 0 Å². The van der Waals surface area contributed by atoms with Crippen molar-refractivity contribution < 1.29 is 13.9 Å². The molecule has 2 atom stereocenters. The fraction of sp³-hybridized carbons (Fsp3) is 0.500. The molecule has 0 bridgehead atoms. The summed E-state index contributed by atoms with van der Waals surface area (Å²) in [6.07, 6.45) is -0.903. The molecule has 4 nitrogen and oxygen atoms in total. The van der Waals surface area contributed by atoms with Crippen LogP contribution in [0.15, 0.2) is 30.3 Å². The minimum absolute atomic E-state index is 0. The number of hydrogen-bond donors (Lipinski definition) is 1. The van der Waals surface area contributed by atoms with Gasteiger partial charge in [-0.2, -0.15) is 0 Å². The van der Waals surface area contributed by atoms with Gasteiger partial charge in [-0.1, -0.05) is 30.3 Å². The molecule has 0 saturated carbocycles. The van der Waals surface area contributed by atoms with Gasteiger partial charge in [-0.15, -0.1) is 12.4 Å². The number of nitrogens with zero attached hydrogens (tertiary/aromatic N) is 1. The summed E-state index contributed by atoms with van der Waals surface area (Å²) in [5, 5.41) is 2.96. The number of halogens is 2. The van der Waals surface area contributed by atoms with E-state index in [1.54, 1.807) is 7.05 Å². The van der Waals surface area contributed by atoms with E-state index in [0.29, 0.717) is 13.0 Å². The predicted molar refractivity (Wildman–Crippen MR) is 77.8 cm³/mol. The average molecular weight is 303 g/mol. The zero-order valence-corrected chi connectivity index (χ0v) is 12.2. The summed E-state index contributed by atoms with van der Waals surface area (Å²) in [7, 11) is 1.59. The third-order valence-electron chi connectivity index (χ3n) is 3.36. The lowest BCUT2D eigenvalue weighted by Crippen LogP contribution is -2.51. The Balaban J connectivity index is 0.00000200. The Bertz CT molecular complexity index is 419. The number of alkyl halides is 1. The molecule has 1 saturated heterocycles. The van der Waals surface area contributed by atoms with Crippen molar-refractivity contribution in [3.63, 3.8) is 0 Å². The maximum atomic E-state index is 13.7. The summed E-state index contributed by atoms with van der Waals surface area (Å²) in [4.78, 5) is 13.2.